The summed E-state index contributed by atoms with van der Waals surface area (Å²) in [6.07, 6.45) is 3.44. The van der Waals surface area contributed by atoms with E-state index in [4.69, 9.17) is 0 Å². The smallest absolute Gasteiger partial charge is 0.0701 e. The first-order chi connectivity index (χ1) is 10.2. The third-order valence-corrected chi connectivity index (χ3v) is 5.53. The van der Waals surface area contributed by atoms with E-state index < -0.39 is 0 Å². The van der Waals surface area contributed by atoms with Gasteiger partial charge >= 0.3 is 0 Å². The zero-order valence-corrected chi connectivity index (χ0v) is 16.2. The van der Waals surface area contributed by atoms with E-state index in [1.165, 1.54) is 25.1 Å². The van der Waals surface area contributed by atoms with Gasteiger partial charge < -0.3 is 5.32 Å². The van der Waals surface area contributed by atoms with Crippen molar-refractivity contribution in [2.45, 2.75) is 26.2 Å². The molecule has 1 atom stereocenters. The molecule has 1 heterocycles. The molecule has 0 saturated carbocycles. The van der Waals surface area contributed by atoms with Gasteiger partial charge in [0.25, 0.3) is 0 Å². The van der Waals surface area contributed by atoms with E-state index in [9.17, 15) is 0 Å². The Hall–Kier alpha value is -0.160. The highest BCUT2D eigenvalue weighted by atomic mass is 79.9. The molecule has 0 spiro atoms. The third-order valence-electron chi connectivity index (χ3n) is 3.39. The Bertz CT molecular complexity index is 553. The second-order valence-corrected chi connectivity index (χ2v) is 8.78. The molecule has 1 unspecified atom stereocenters. The minimum atomic E-state index is 0.636. The molecule has 0 fully saturated rings. The van der Waals surface area contributed by atoms with Crippen LogP contribution >= 0.6 is 43.2 Å². The van der Waals surface area contributed by atoms with Crippen molar-refractivity contribution < 1.29 is 0 Å². The lowest BCUT2D eigenvalue weighted by Gasteiger charge is -2.17. The molecule has 1 aromatic heterocycles. The van der Waals surface area contributed by atoms with Crippen molar-refractivity contribution in [3.05, 3.63) is 55.1 Å². The first kappa shape index (κ1) is 17.2. The van der Waals surface area contributed by atoms with E-state index >= 15 is 0 Å². The Morgan fingerprint density at radius 2 is 2.00 bits per heavy atom. The van der Waals surface area contributed by atoms with E-state index in [-0.39, 0.29) is 0 Å². The molecule has 0 aliphatic heterocycles. The standard InChI is InChI=1S/C17H21Br2NS/c1-2-8-20-12-14(11-16-6-7-17(19)21-16)9-13-4-3-5-15(18)10-13/h3-7,10,14,20H,2,8-9,11-12H2,1H3. The SMILES string of the molecule is CCCNCC(Cc1cccc(Br)c1)Cc1ccc(Br)s1. The van der Waals surface area contributed by atoms with Gasteiger partial charge in [0.2, 0.25) is 0 Å². The van der Waals surface area contributed by atoms with E-state index in [0.29, 0.717) is 5.92 Å². The average molecular weight is 431 g/mol. The van der Waals surface area contributed by atoms with E-state index in [1.54, 1.807) is 0 Å². The number of thiophene rings is 1. The fraction of sp³-hybridized carbons (Fsp3) is 0.412. The maximum atomic E-state index is 3.58. The highest BCUT2D eigenvalue weighted by Crippen LogP contribution is 2.26. The maximum Gasteiger partial charge on any atom is 0.0701 e. The molecule has 2 rings (SSSR count). The number of nitrogens with one attached hydrogen (secondary N) is 1. The van der Waals surface area contributed by atoms with E-state index in [2.05, 4.69) is 80.5 Å². The predicted molar refractivity (Wildman–Crippen MR) is 100 cm³/mol. The van der Waals surface area contributed by atoms with Crippen LogP contribution in [0.1, 0.15) is 23.8 Å². The molecule has 0 saturated heterocycles. The molecule has 1 nitrogen and oxygen atoms in total. The van der Waals surface area contributed by atoms with Gasteiger partial charge in [-0.05, 0) is 84.0 Å². The lowest BCUT2D eigenvalue weighted by Crippen LogP contribution is -2.26. The van der Waals surface area contributed by atoms with Crippen molar-refractivity contribution in [3.63, 3.8) is 0 Å². The zero-order chi connectivity index (χ0) is 15.1. The molecule has 21 heavy (non-hydrogen) atoms. The Kier molecular flexibility index (Phi) is 7.44. The fourth-order valence-electron chi connectivity index (χ4n) is 2.44. The highest BCUT2D eigenvalue weighted by Gasteiger charge is 2.12. The molecule has 0 aliphatic rings. The summed E-state index contributed by atoms with van der Waals surface area (Å²) in [6.45, 7) is 4.39. The van der Waals surface area contributed by atoms with Crippen LogP contribution in [0.25, 0.3) is 0 Å². The zero-order valence-electron chi connectivity index (χ0n) is 12.2. The number of benzene rings is 1. The average Bonchev–Trinajstić information content (AvgIpc) is 2.84. The summed E-state index contributed by atoms with van der Waals surface area (Å²) in [5.74, 6) is 0.636. The fourth-order valence-corrected chi connectivity index (χ4v) is 4.49. The summed E-state index contributed by atoms with van der Waals surface area (Å²) in [5.41, 5.74) is 1.41. The predicted octanol–water partition coefficient (Wildman–Crippen LogP) is 5.67. The van der Waals surface area contributed by atoms with Gasteiger partial charge in [-0.25, -0.2) is 0 Å². The van der Waals surface area contributed by atoms with Crippen molar-refractivity contribution in [1.29, 1.82) is 0 Å². The summed E-state index contributed by atoms with van der Waals surface area (Å²) in [4.78, 5) is 1.46. The second kappa shape index (κ2) is 9.09. The molecular weight excluding hydrogens is 410 g/mol. The molecule has 1 aromatic carbocycles. The Labute approximate surface area is 148 Å². The molecule has 1 N–H and O–H groups in total. The van der Waals surface area contributed by atoms with Gasteiger partial charge in [-0.2, -0.15) is 0 Å². The molecule has 114 valence electrons. The summed E-state index contributed by atoms with van der Waals surface area (Å²) < 4.78 is 2.39. The Balaban J connectivity index is 2.00. The van der Waals surface area contributed by atoms with Crippen molar-refractivity contribution >= 4 is 43.2 Å². The summed E-state index contributed by atoms with van der Waals surface area (Å²) >= 11 is 8.97. The van der Waals surface area contributed by atoms with Gasteiger partial charge in [-0.1, -0.05) is 35.0 Å². The first-order valence-corrected chi connectivity index (χ1v) is 9.77. The first-order valence-electron chi connectivity index (χ1n) is 7.36. The molecule has 0 aliphatic carbocycles. The van der Waals surface area contributed by atoms with Crippen molar-refractivity contribution in [2.75, 3.05) is 13.1 Å². The highest BCUT2D eigenvalue weighted by molar-refractivity contribution is 9.11. The minimum Gasteiger partial charge on any atom is -0.316 e. The van der Waals surface area contributed by atoms with Crippen LogP contribution in [-0.4, -0.2) is 13.1 Å². The van der Waals surface area contributed by atoms with E-state index in [1.807, 2.05) is 11.3 Å². The Morgan fingerprint density at radius 1 is 1.14 bits per heavy atom. The van der Waals surface area contributed by atoms with Crippen LogP contribution in [0.4, 0.5) is 0 Å². The van der Waals surface area contributed by atoms with E-state index in [0.717, 1.165) is 25.9 Å². The molecule has 0 radical (unpaired) electrons. The number of rotatable bonds is 8. The second-order valence-electron chi connectivity index (χ2n) is 5.31. The largest absolute Gasteiger partial charge is 0.316 e. The number of hydrogen-bond donors (Lipinski definition) is 1. The Morgan fingerprint density at radius 3 is 2.67 bits per heavy atom. The molecule has 0 bridgehead atoms. The van der Waals surface area contributed by atoms with Gasteiger partial charge in [0.15, 0.2) is 0 Å². The molecule has 4 heteroatoms. The normalized spacial score (nSPS) is 12.5. The topological polar surface area (TPSA) is 12.0 Å². The van der Waals surface area contributed by atoms with Crippen LogP contribution in [0.15, 0.2) is 44.7 Å². The molecule has 0 amide bonds. The van der Waals surface area contributed by atoms with Crippen molar-refractivity contribution in [3.8, 4) is 0 Å². The van der Waals surface area contributed by atoms with Crippen LogP contribution in [0, 0.1) is 5.92 Å². The van der Waals surface area contributed by atoms with Crippen LogP contribution in [0.2, 0.25) is 0 Å². The summed E-state index contributed by atoms with van der Waals surface area (Å²) in [7, 11) is 0. The van der Waals surface area contributed by atoms with Crippen LogP contribution in [-0.2, 0) is 12.8 Å². The van der Waals surface area contributed by atoms with Crippen LogP contribution < -0.4 is 5.32 Å². The molecule has 2 aromatic rings. The summed E-state index contributed by atoms with van der Waals surface area (Å²) in [6, 6.07) is 13.1. The lowest BCUT2D eigenvalue weighted by atomic mass is 9.95. The van der Waals surface area contributed by atoms with Gasteiger partial charge in [0.05, 0.1) is 3.79 Å². The van der Waals surface area contributed by atoms with Gasteiger partial charge in [0, 0.05) is 9.35 Å². The maximum absolute atomic E-state index is 3.58. The number of hydrogen-bond acceptors (Lipinski definition) is 2. The monoisotopic (exact) mass is 429 g/mol. The van der Waals surface area contributed by atoms with Crippen LogP contribution in [0.5, 0.6) is 0 Å². The number of halogens is 2. The molecular formula is C17H21Br2NS. The van der Waals surface area contributed by atoms with Gasteiger partial charge in [0.1, 0.15) is 0 Å². The minimum absolute atomic E-state index is 0.636. The van der Waals surface area contributed by atoms with Crippen molar-refractivity contribution in [2.24, 2.45) is 5.92 Å². The lowest BCUT2D eigenvalue weighted by molar-refractivity contribution is 0.473. The quantitative estimate of drug-likeness (QED) is 0.531. The third kappa shape index (κ3) is 6.23. The van der Waals surface area contributed by atoms with Gasteiger partial charge in [-0.15, -0.1) is 11.3 Å². The van der Waals surface area contributed by atoms with Crippen LogP contribution in [0.3, 0.4) is 0 Å². The van der Waals surface area contributed by atoms with Gasteiger partial charge in [-0.3, -0.25) is 0 Å². The van der Waals surface area contributed by atoms with Crippen molar-refractivity contribution in [1.82, 2.24) is 5.32 Å². The summed E-state index contributed by atoms with van der Waals surface area (Å²) in [5, 5.41) is 3.58.